The third kappa shape index (κ3) is 10.1. The molecular weight excluding hydrogens is 172 g/mol. The van der Waals surface area contributed by atoms with Crippen molar-refractivity contribution in [1.82, 2.24) is 0 Å². The van der Waals surface area contributed by atoms with Gasteiger partial charge >= 0.3 is 0 Å². The summed E-state index contributed by atoms with van der Waals surface area (Å²) < 4.78 is 15.7. The highest BCUT2D eigenvalue weighted by Gasteiger charge is 2.12. The van der Waals surface area contributed by atoms with E-state index in [1.54, 1.807) is 7.11 Å². The predicted octanol–water partition coefficient (Wildman–Crippen LogP) is 1.50. The number of hydrogen-bond donors (Lipinski definition) is 0. The zero-order valence-corrected chi connectivity index (χ0v) is 9.55. The van der Waals surface area contributed by atoms with Crippen LogP contribution in [0.3, 0.4) is 0 Å². The van der Waals surface area contributed by atoms with Crippen molar-refractivity contribution in [2.75, 3.05) is 33.5 Å². The van der Waals surface area contributed by atoms with Crippen molar-refractivity contribution in [2.24, 2.45) is 0 Å². The average molecular weight is 192 g/mol. The van der Waals surface area contributed by atoms with Crippen molar-refractivity contribution in [3.63, 3.8) is 0 Å². The Balaban J connectivity index is 3.01. The Morgan fingerprint density at radius 2 is 1.50 bits per heavy atom. The van der Waals surface area contributed by atoms with Gasteiger partial charge in [0.05, 0.1) is 26.4 Å². The van der Waals surface area contributed by atoms with Gasteiger partial charge in [-0.2, -0.15) is 0 Å². The van der Waals surface area contributed by atoms with Crippen LogP contribution in [0.4, 0.5) is 0 Å². The predicted molar refractivity (Wildman–Crippen MR) is 52.0 cm³/mol. The van der Waals surface area contributed by atoms with E-state index in [2.05, 4.69) is 19.6 Å². The second-order valence-electron chi connectivity index (χ2n) is 3.57. The first-order chi connectivity index (χ1) is 5.56. The Labute approximate surface area is 76.1 Å². The third-order valence-corrected chi connectivity index (χ3v) is 2.26. The smallest absolute Gasteiger partial charge is 0.183 e. The lowest BCUT2D eigenvalue weighted by molar-refractivity contribution is 0.0532. The van der Waals surface area contributed by atoms with Crippen molar-refractivity contribution < 1.29 is 13.9 Å². The van der Waals surface area contributed by atoms with Gasteiger partial charge in [0.25, 0.3) is 0 Å². The van der Waals surface area contributed by atoms with Gasteiger partial charge in [0.2, 0.25) is 0 Å². The number of ether oxygens (including phenoxy) is 2. The Bertz CT molecular complexity index is 101. The van der Waals surface area contributed by atoms with Crippen LogP contribution in [-0.2, 0) is 13.9 Å². The summed E-state index contributed by atoms with van der Waals surface area (Å²) in [4.78, 5) is 0. The zero-order chi connectivity index (χ0) is 9.45. The molecule has 3 nitrogen and oxygen atoms in total. The van der Waals surface area contributed by atoms with Crippen molar-refractivity contribution >= 4 is 8.32 Å². The molecule has 0 heterocycles. The molecule has 0 bridgehead atoms. The summed E-state index contributed by atoms with van der Waals surface area (Å²) in [6.45, 7) is 9.21. The first kappa shape index (κ1) is 12.1. The van der Waals surface area contributed by atoms with Crippen LogP contribution in [-0.4, -0.2) is 41.9 Å². The van der Waals surface area contributed by atoms with Gasteiger partial charge in [-0.3, -0.25) is 0 Å². The van der Waals surface area contributed by atoms with E-state index in [1.165, 1.54) is 0 Å². The van der Waals surface area contributed by atoms with E-state index in [-0.39, 0.29) is 0 Å². The molecule has 0 amide bonds. The molecule has 0 aromatic heterocycles. The van der Waals surface area contributed by atoms with Gasteiger partial charge in [-0.15, -0.1) is 0 Å². The highest BCUT2D eigenvalue weighted by molar-refractivity contribution is 6.69. The van der Waals surface area contributed by atoms with E-state index in [9.17, 15) is 0 Å². The standard InChI is InChI=1S/C8H20O3Si/c1-9-5-6-10-7-8-11-12(2,3)4/h5-8H2,1-4H3. The molecule has 74 valence electrons. The maximum Gasteiger partial charge on any atom is 0.183 e. The quantitative estimate of drug-likeness (QED) is 0.452. The molecule has 0 saturated carbocycles. The first-order valence-electron chi connectivity index (χ1n) is 4.27. The van der Waals surface area contributed by atoms with Gasteiger partial charge in [0, 0.05) is 7.11 Å². The normalized spacial score (nSPS) is 12.0. The van der Waals surface area contributed by atoms with Gasteiger partial charge in [0.1, 0.15) is 0 Å². The summed E-state index contributed by atoms with van der Waals surface area (Å²) in [5, 5.41) is 0. The van der Waals surface area contributed by atoms with Crippen LogP contribution in [0.25, 0.3) is 0 Å². The highest BCUT2D eigenvalue weighted by Crippen LogP contribution is 2.01. The second kappa shape index (κ2) is 6.60. The van der Waals surface area contributed by atoms with Crippen LogP contribution in [0.2, 0.25) is 19.6 Å². The average Bonchev–Trinajstić information content (AvgIpc) is 1.94. The van der Waals surface area contributed by atoms with Crippen molar-refractivity contribution in [3.8, 4) is 0 Å². The lowest BCUT2D eigenvalue weighted by atomic mass is 10.7. The van der Waals surface area contributed by atoms with Crippen LogP contribution in [0.15, 0.2) is 0 Å². The van der Waals surface area contributed by atoms with Crippen LogP contribution >= 0.6 is 0 Å². The lowest BCUT2D eigenvalue weighted by Crippen LogP contribution is -2.27. The Kier molecular flexibility index (Phi) is 6.65. The fourth-order valence-corrected chi connectivity index (χ4v) is 1.35. The Morgan fingerprint density at radius 3 is 2.00 bits per heavy atom. The van der Waals surface area contributed by atoms with Crippen LogP contribution in [0.1, 0.15) is 0 Å². The molecule has 0 aliphatic rings. The van der Waals surface area contributed by atoms with Gasteiger partial charge < -0.3 is 13.9 Å². The minimum Gasteiger partial charge on any atom is -0.415 e. The van der Waals surface area contributed by atoms with E-state index in [0.717, 1.165) is 0 Å². The van der Waals surface area contributed by atoms with Crippen LogP contribution in [0, 0.1) is 0 Å². The molecule has 0 saturated heterocycles. The number of methoxy groups -OCH3 is 1. The minimum absolute atomic E-state index is 0.658. The number of rotatable bonds is 7. The summed E-state index contributed by atoms with van der Waals surface area (Å²) in [5.74, 6) is 0. The fraction of sp³-hybridized carbons (Fsp3) is 1.00. The molecule has 0 atom stereocenters. The molecule has 0 aromatic carbocycles. The largest absolute Gasteiger partial charge is 0.415 e. The lowest BCUT2D eigenvalue weighted by Gasteiger charge is -2.16. The Morgan fingerprint density at radius 1 is 0.917 bits per heavy atom. The molecule has 0 unspecified atom stereocenters. The third-order valence-electron chi connectivity index (χ3n) is 1.19. The highest BCUT2D eigenvalue weighted by atomic mass is 28.4. The fourth-order valence-electron chi connectivity index (χ4n) is 0.651. The molecule has 0 aliphatic heterocycles. The van der Waals surface area contributed by atoms with Gasteiger partial charge in [-0.25, -0.2) is 0 Å². The minimum atomic E-state index is -1.34. The van der Waals surface area contributed by atoms with Crippen LogP contribution < -0.4 is 0 Å². The van der Waals surface area contributed by atoms with E-state index in [1.807, 2.05) is 0 Å². The molecular formula is C8H20O3Si. The number of hydrogen-bond acceptors (Lipinski definition) is 3. The van der Waals surface area contributed by atoms with E-state index >= 15 is 0 Å². The molecule has 0 rings (SSSR count). The molecule has 0 N–H and O–H groups in total. The Hall–Kier alpha value is 0.0969. The first-order valence-corrected chi connectivity index (χ1v) is 7.68. The summed E-state index contributed by atoms with van der Waals surface area (Å²) in [5.41, 5.74) is 0. The van der Waals surface area contributed by atoms with Gasteiger partial charge in [0.15, 0.2) is 8.32 Å². The van der Waals surface area contributed by atoms with Crippen molar-refractivity contribution in [3.05, 3.63) is 0 Å². The summed E-state index contributed by atoms with van der Waals surface area (Å²) in [6, 6.07) is 0. The molecule has 0 spiro atoms. The van der Waals surface area contributed by atoms with E-state index < -0.39 is 8.32 Å². The van der Waals surface area contributed by atoms with Crippen molar-refractivity contribution in [2.45, 2.75) is 19.6 Å². The molecule has 0 fully saturated rings. The molecule has 0 aromatic rings. The van der Waals surface area contributed by atoms with Gasteiger partial charge in [-0.05, 0) is 19.6 Å². The maximum absolute atomic E-state index is 5.58. The monoisotopic (exact) mass is 192 g/mol. The summed E-state index contributed by atoms with van der Waals surface area (Å²) >= 11 is 0. The summed E-state index contributed by atoms with van der Waals surface area (Å²) in [6.07, 6.45) is 0. The SMILES string of the molecule is COCCOCCO[Si](C)(C)C. The molecule has 0 radical (unpaired) electrons. The van der Waals surface area contributed by atoms with Crippen LogP contribution in [0.5, 0.6) is 0 Å². The van der Waals surface area contributed by atoms with Crippen molar-refractivity contribution in [1.29, 1.82) is 0 Å². The zero-order valence-electron chi connectivity index (χ0n) is 8.55. The molecule has 12 heavy (non-hydrogen) atoms. The molecule has 4 heteroatoms. The van der Waals surface area contributed by atoms with E-state index in [0.29, 0.717) is 26.4 Å². The maximum atomic E-state index is 5.58. The van der Waals surface area contributed by atoms with Gasteiger partial charge in [-0.1, -0.05) is 0 Å². The molecule has 0 aliphatic carbocycles. The van der Waals surface area contributed by atoms with E-state index in [4.69, 9.17) is 13.9 Å². The second-order valence-corrected chi connectivity index (χ2v) is 8.08. The summed E-state index contributed by atoms with van der Waals surface area (Å²) in [7, 11) is 0.332. The topological polar surface area (TPSA) is 27.7 Å².